The fourth-order valence-electron chi connectivity index (χ4n) is 2.48. The largest absolute Gasteiger partial charge is 0.496 e. The molecule has 136 valence electrons. The first kappa shape index (κ1) is 17.8. The number of hydrogen-bond acceptors (Lipinski definition) is 6. The fraction of sp³-hybridized carbons (Fsp3) is 0.222. The minimum absolute atomic E-state index is 0.321. The second-order valence-electron chi connectivity index (χ2n) is 5.44. The summed E-state index contributed by atoms with van der Waals surface area (Å²) < 4.78 is 15.8. The van der Waals surface area contributed by atoms with Crippen LogP contribution in [-0.2, 0) is 0 Å². The third-order valence-electron chi connectivity index (χ3n) is 3.78. The number of benzene rings is 1. The number of H-pyrrole nitrogens is 1. The molecule has 2 aromatic heterocycles. The number of aromatic nitrogens is 2. The van der Waals surface area contributed by atoms with Crippen molar-refractivity contribution >= 4 is 23.1 Å². The molecule has 0 unspecified atom stereocenters. The fourth-order valence-corrected chi connectivity index (χ4v) is 3.32. The van der Waals surface area contributed by atoms with Gasteiger partial charge in [0.15, 0.2) is 17.3 Å². The zero-order valence-corrected chi connectivity index (χ0v) is 15.7. The van der Waals surface area contributed by atoms with Crippen LogP contribution in [0.2, 0.25) is 0 Å². The highest BCUT2D eigenvalue weighted by Crippen LogP contribution is 2.35. The van der Waals surface area contributed by atoms with Gasteiger partial charge in [0.2, 0.25) is 0 Å². The van der Waals surface area contributed by atoms with Gasteiger partial charge in [-0.05, 0) is 19.1 Å². The Hall–Kier alpha value is -3.00. The van der Waals surface area contributed by atoms with Crippen LogP contribution in [0.25, 0.3) is 10.6 Å². The van der Waals surface area contributed by atoms with Gasteiger partial charge in [0.05, 0.1) is 37.5 Å². The number of anilines is 1. The molecule has 1 amide bonds. The second-order valence-corrected chi connectivity index (χ2v) is 6.73. The minimum Gasteiger partial charge on any atom is -0.496 e. The van der Waals surface area contributed by atoms with Crippen LogP contribution in [0.15, 0.2) is 30.3 Å². The average molecular weight is 373 g/mol. The Labute approximate surface area is 154 Å². The number of carbonyl (C=O) groups is 1. The third kappa shape index (κ3) is 3.50. The Morgan fingerprint density at radius 2 is 1.73 bits per heavy atom. The van der Waals surface area contributed by atoms with E-state index >= 15 is 0 Å². The molecule has 0 radical (unpaired) electrons. The number of hydrogen-bond donors (Lipinski definition) is 2. The first-order valence-electron chi connectivity index (χ1n) is 7.79. The summed E-state index contributed by atoms with van der Waals surface area (Å²) in [5.41, 5.74) is 1.17. The van der Waals surface area contributed by atoms with Gasteiger partial charge < -0.3 is 19.5 Å². The summed E-state index contributed by atoms with van der Waals surface area (Å²) in [4.78, 5) is 14.9. The van der Waals surface area contributed by atoms with Crippen molar-refractivity contribution in [1.82, 2.24) is 10.2 Å². The highest BCUT2D eigenvalue weighted by molar-refractivity contribution is 7.15. The van der Waals surface area contributed by atoms with Gasteiger partial charge in [-0.1, -0.05) is 0 Å². The van der Waals surface area contributed by atoms with Crippen LogP contribution in [0, 0.1) is 6.92 Å². The summed E-state index contributed by atoms with van der Waals surface area (Å²) in [6.45, 7) is 2.04. The molecule has 0 aliphatic heterocycles. The van der Waals surface area contributed by atoms with E-state index in [1.165, 1.54) is 26.2 Å². The number of aromatic amines is 1. The van der Waals surface area contributed by atoms with Crippen molar-refractivity contribution in [1.29, 1.82) is 0 Å². The number of thiophene rings is 1. The number of carbonyl (C=O) groups excluding carboxylic acids is 1. The molecule has 0 fully saturated rings. The van der Waals surface area contributed by atoms with Gasteiger partial charge in [0.1, 0.15) is 5.75 Å². The molecule has 0 aliphatic carbocycles. The quantitative estimate of drug-likeness (QED) is 0.688. The van der Waals surface area contributed by atoms with E-state index in [1.54, 1.807) is 29.5 Å². The average Bonchev–Trinajstić information content (AvgIpc) is 3.29. The zero-order chi connectivity index (χ0) is 18.7. The summed E-state index contributed by atoms with van der Waals surface area (Å²) >= 11 is 1.65. The molecule has 0 atom stereocenters. The van der Waals surface area contributed by atoms with Crippen LogP contribution in [-0.4, -0.2) is 37.4 Å². The number of nitrogens with zero attached hydrogens (tertiary/aromatic N) is 1. The summed E-state index contributed by atoms with van der Waals surface area (Å²) in [6, 6.07) is 9.02. The van der Waals surface area contributed by atoms with Crippen LogP contribution in [0.3, 0.4) is 0 Å². The molecule has 3 rings (SSSR count). The zero-order valence-electron chi connectivity index (χ0n) is 14.9. The number of aryl methyl sites for hydroxylation is 1. The first-order chi connectivity index (χ1) is 12.5. The smallest absolute Gasteiger partial charge is 0.260 e. The maximum Gasteiger partial charge on any atom is 0.260 e. The van der Waals surface area contributed by atoms with Crippen LogP contribution >= 0.6 is 11.3 Å². The molecule has 0 spiro atoms. The summed E-state index contributed by atoms with van der Waals surface area (Å²) in [6.07, 6.45) is 0. The Morgan fingerprint density at radius 1 is 1.04 bits per heavy atom. The number of rotatable bonds is 6. The predicted octanol–water partition coefficient (Wildman–Crippen LogP) is 3.72. The topological polar surface area (TPSA) is 85.5 Å². The van der Waals surface area contributed by atoms with Gasteiger partial charge in [0.25, 0.3) is 5.91 Å². The molecule has 2 N–H and O–H groups in total. The van der Waals surface area contributed by atoms with E-state index in [0.717, 1.165) is 10.6 Å². The van der Waals surface area contributed by atoms with Crippen molar-refractivity contribution in [3.63, 3.8) is 0 Å². The van der Waals surface area contributed by atoms with Gasteiger partial charge in [-0.3, -0.25) is 9.89 Å². The van der Waals surface area contributed by atoms with Gasteiger partial charge >= 0.3 is 0 Å². The monoisotopic (exact) mass is 373 g/mol. The van der Waals surface area contributed by atoms with Gasteiger partial charge in [-0.15, -0.1) is 11.3 Å². The molecule has 0 aliphatic rings. The van der Waals surface area contributed by atoms with Crippen molar-refractivity contribution in [2.75, 3.05) is 26.6 Å². The van der Waals surface area contributed by atoms with Crippen molar-refractivity contribution < 1.29 is 19.0 Å². The third-order valence-corrected chi connectivity index (χ3v) is 4.81. The van der Waals surface area contributed by atoms with E-state index in [1.807, 2.05) is 19.1 Å². The van der Waals surface area contributed by atoms with E-state index in [0.29, 0.717) is 28.6 Å². The van der Waals surface area contributed by atoms with Gasteiger partial charge in [-0.25, -0.2) is 0 Å². The lowest BCUT2D eigenvalue weighted by Gasteiger charge is -2.13. The molecule has 26 heavy (non-hydrogen) atoms. The van der Waals surface area contributed by atoms with Crippen molar-refractivity contribution in [3.05, 3.63) is 40.8 Å². The lowest BCUT2D eigenvalue weighted by molar-refractivity contribution is 0.102. The van der Waals surface area contributed by atoms with Crippen LogP contribution in [0.4, 0.5) is 5.82 Å². The molecule has 7 nitrogen and oxygen atoms in total. The highest BCUT2D eigenvalue weighted by Gasteiger charge is 2.19. The Kier molecular flexibility index (Phi) is 5.13. The Balaban J connectivity index is 1.85. The molecule has 2 heterocycles. The van der Waals surface area contributed by atoms with Crippen LogP contribution < -0.4 is 19.5 Å². The van der Waals surface area contributed by atoms with Gasteiger partial charge in [-0.2, -0.15) is 5.10 Å². The van der Waals surface area contributed by atoms with E-state index in [9.17, 15) is 4.79 Å². The molecule has 8 heteroatoms. The maximum atomic E-state index is 12.7. The lowest BCUT2D eigenvalue weighted by Crippen LogP contribution is -2.14. The predicted molar refractivity (Wildman–Crippen MR) is 101 cm³/mol. The number of nitrogens with one attached hydrogen (secondary N) is 2. The normalized spacial score (nSPS) is 10.5. The molecule has 1 aromatic carbocycles. The summed E-state index contributed by atoms with van der Waals surface area (Å²) in [5, 5.41) is 9.85. The minimum atomic E-state index is -0.358. The van der Waals surface area contributed by atoms with E-state index in [-0.39, 0.29) is 5.91 Å². The molecular weight excluding hydrogens is 354 g/mol. The Bertz CT molecular complexity index is 932. The number of amides is 1. The molecule has 3 aromatic rings. The maximum absolute atomic E-state index is 12.7. The van der Waals surface area contributed by atoms with Crippen LogP contribution in [0.5, 0.6) is 17.2 Å². The molecular formula is C18H19N3O4S. The first-order valence-corrected chi connectivity index (χ1v) is 8.61. The summed E-state index contributed by atoms with van der Waals surface area (Å²) in [7, 11) is 4.52. The molecule has 0 saturated heterocycles. The summed E-state index contributed by atoms with van der Waals surface area (Å²) in [5.74, 6) is 1.37. The number of methoxy groups -OCH3 is 3. The van der Waals surface area contributed by atoms with E-state index in [2.05, 4.69) is 15.5 Å². The molecule has 0 saturated carbocycles. The Morgan fingerprint density at radius 3 is 2.35 bits per heavy atom. The molecule has 0 bridgehead atoms. The SMILES string of the molecule is COc1cc(OC)c(C(=O)Nc2cc(-c3ccc(C)s3)[nH]n2)cc1OC. The van der Waals surface area contributed by atoms with Crippen molar-refractivity contribution in [2.45, 2.75) is 6.92 Å². The highest BCUT2D eigenvalue weighted by atomic mass is 32.1. The lowest BCUT2D eigenvalue weighted by atomic mass is 10.1. The standard InChI is InChI=1S/C18H19N3O4S/c1-10-5-6-16(26-10)12-8-17(21-20-12)19-18(22)11-7-14(24-3)15(25-4)9-13(11)23-2/h5-9H,1-4H3,(H2,19,20,21,22). The van der Waals surface area contributed by atoms with Crippen molar-refractivity contribution in [3.8, 4) is 27.8 Å². The van der Waals surface area contributed by atoms with Crippen LogP contribution in [0.1, 0.15) is 15.2 Å². The number of ether oxygens (including phenoxy) is 3. The van der Waals surface area contributed by atoms with Gasteiger partial charge in [0, 0.05) is 23.1 Å². The van der Waals surface area contributed by atoms with E-state index < -0.39 is 0 Å². The van der Waals surface area contributed by atoms with Crippen molar-refractivity contribution in [2.24, 2.45) is 0 Å². The second kappa shape index (κ2) is 7.49. The van der Waals surface area contributed by atoms with E-state index in [4.69, 9.17) is 14.2 Å².